The van der Waals surface area contributed by atoms with Gasteiger partial charge in [0.25, 0.3) is 5.91 Å². The third-order valence-corrected chi connectivity index (χ3v) is 2.98. The van der Waals surface area contributed by atoms with Gasteiger partial charge in [0, 0.05) is 18.7 Å². The molecule has 5 nitrogen and oxygen atoms in total. The van der Waals surface area contributed by atoms with Gasteiger partial charge in [0.05, 0.1) is 0 Å². The molecule has 0 aliphatic rings. The molecular weight excluding hydrogens is 312 g/mol. The summed E-state index contributed by atoms with van der Waals surface area (Å²) < 4.78 is 11.1. The molecule has 0 aliphatic carbocycles. The fourth-order valence-electron chi connectivity index (χ4n) is 1.75. The van der Waals surface area contributed by atoms with Gasteiger partial charge >= 0.3 is 0 Å². The molecule has 1 aromatic carbocycles. The van der Waals surface area contributed by atoms with Gasteiger partial charge in [-0.25, -0.2) is 4.98 Å². The Labute approximate surface area is 116 Å². The topological polar surface area (TPSA) is 68.3 Å². The van der Waals surface area contributed by atoms with E-state index in [9.17, 15) is 4.79 Å². The van der Waals surface area contributed by atoms with E-state index in [2.05, 4.69) is 26.2 Å². The highest BCUT2D eigenvalue weighted by Crippen LogP contribution is 2.21. The SMILES string of the molecule is Cc1nc2ccc(NC(=O)c3ccc(Br)o3)cc2o1. The van der Waals surface area contributed by atoms with Crippen LogP contribution in [0.15, 0.2) is 43.8 Å². The average molecular weight is 321 g/mol. The molecule has 2 heterocycles. The maximum absolute atomic E-state index is 11.9. The first-order chi connectivity index (χ1) is 9.11. The molecule has 6 heteroatoms. The van der Waals surface area contributed by atoms with E-state index in [4.69, 9.17) is 8.83 Å². The first kappa shape index (κ1) is 12.0. The van der Waals surface area contributed by atoms with Crippen molar-refractivity contribution >= 4 is 38.6 Å². The lowest BCUT2D eigenvalue weighted by atomic mass is 10.3. The van der Waals surface area contributed by atoms with E-state index >= 15 is 0 Å². The van der Waals surface area contributed by atoms with Crippen LogP contribution in [-0.2, 0) is 0 Å². The second kappa shape index (κ2) is 4.55. The van der Waals surface area contributed by atoms with Crippen molar-refractivity contribution in [3.63, 3.8) is 0 Å². The second-order valence-electron chi connectivity index (χ2n) is 3.97. The summed E-state index contributed by atoms with van der Waals surface area (Å²) in [6.45, 7) is 1.78. The number of benzene rings is 1. The Bertz CT molecular complexity index is 760. The minimum absolute atomic E-state index is 0.237. The first-order valence-corrected chi connectivity index (χ1v) is 6.35. The summed E-state index contributed by atoms with van der Waals surface area (Å²) >= 11 is 3.15. The lowest BCUT2D eigenvalue weighted by molar-refractivity contribution is 0.0995. The largest absolute Gasteiger partial charge is 0.444 e. The third-order valence-electron chi connectivity index (χ3n) is 2.55. The number of amides is 1. The van der Waals surface area contributed by atoms with Crippen molar-refractivity contribution in [1.82, 2.24) is 4.98 Å². The molecule has 0 unspecified atom stereocenters. The molecule has 1 amide bonds. The Morgan fingerprint density at radius 1 is 1.26 bits per heavy atom. The zero-order valence-electron chi connectivity index (χ0n) is 9.94. The van der Waals surface area contributed by atoms with E-state index < -0.39 is 0 Å². The zero-order valence-corrected chi connectivity index (χ0v) is 11.5. The molecule has 0 fully saturated rings. The number of nitrogens with one attached hydrogen (secondary N) is 1. The number of aryl methyl sites for hydroxylation is 1. The maximum atomic E-state index is 11.9. The fourth-order valence-corrected chi connectivity index (χ4v) is 2.05. The van der Waals surface area contributed by atoms with Crippen molar-refractivity contribution in [2.45, 2.75) is 6.92 Å². The molecule has 1 N–H and O–H groups in total. The third kappa shape index (κ3) is 2.39. The molecule has 0 radical (unpaired) electrons. The number of nitrogens with zero attached hydrogens (tertiary/aromatic N) is 1. The average Bonchev–Trinajstić information content (AvgIpc) is 2.93. The molecule has 0 atom stereocenters. The van der Waals surface area contributed by atoms with Gasteiger partial charge in [0.15, 0.2) is 21.9 Å². The van der Waals surface area contributed by atoms with Crippen LogP contribution in [0.1, 0.15) is 16.4 Å². The summed E-state index contributed by atoms with van der Waals surface area (Å²) in [4.78, 5) is 16.1. The molecule has 0 saturated carbocycles. The lowest BCUT2D eigenvalue weighted by Crippen LogP contribution is -2.10. The van der Waals surface area contributed by atoms with Crippen molar-refractivity contribution in [3.8, 4) is 0 Å². The molecule has 3 aromatic rings. The number of hydrogen-bond acceptors (Lipinski definition) is 4. The van der Waals surface area contributed by atoms with E-state index in [0.717, 1.165) is 5.52 Å². The van der Waals surface area contributed by atoms with Gasteiger partial charge in [0.2, 0.25) is 0 Å². The first-order valence-electron chi connectivity index (χ1n) is 5.56. The summed E-state index contributed by atoms with van der Waals surface area (Å²) in [6.07, 6.45) is 0. The Morgan fingerprint density at radius 2 is 2.11 bits per heavy atom. The summed E-state index contributed by atoms with van der Waals surface area (Å²) in [5.74, 6) is 0.510. The number of hydrogen-bond donors (Lipinski definition) is 1. The molecule has 2 aromatic heterocycles. The number of aromatic nitrogens is 1. The van der Waals surface area contributed by atoms with Crippen molar-refractivity contribution in [2.24, 2.45) is 0 Å². The van der Waals surface area contributed by atoms with Crippen LogP contribution in [0.4, 0.5) is 5.69 Å². The second-order valence-corrected chi connectivity index (χ2v) is 4.75. The molecule has 0 spiro atoms. The fraction of sp³-hybridized carbons (Fsp3) is 0.0769. The van der Waals surface area contributed by atoms with Crippen LogP contribution in [0.3, 0.4) is 0 Å². The number of anilines is 1. The van der Waals surface area contributed by atoms with Crippen LogP contribution in [0.25, 0.3) is 11.1 Å². The summed E-state index contributed by atoms with van der Waals surface area (Å²) in [5, 5.41) is 2.73. The van der Waals surface area contributed by atoms with Gasteiger partial charge in [-0.05, 0) is 40.2 Å². The Hall–Kier alpha value is -2.08. The number of fused-ring (bicyclic) bond motifs is 1. The van der Waals surface area contributed by atoms with Crippen molar-refractivity contribution < 1.29 is 13.6 Å². The van der Waals surface area contributed by atoms with Gasteiger partial charge in [0.1, 0.15) is 5.52 Å². The highest BCUT2D eigenvalue weighted by Gasteiger charge is 2.11. The molecule has 0 bridgehead atoms. The van der Waals surface area contributed by atoms with Gasteiger partial charge in [-0.2, -0.15) is 0 Å². The highest BCUT2D eigenvalue weighted by molar-refractivity contribution is 9.10. The number of carbonyl (C=O) groups excluding carboxylic acids is 1. The molecule has 0 aliphatic heterocycles. The zero-order chi connectivity index (χ0) is 13.4. The molecule has 3 rings (SSSR count). The van der Waals surface area contributed by atoms with E-state index in [-0.39, 0.29) is 11.7 Å². The van der Waals surface area contributed by atoms with Gasteiger partial charge in [-0.1, -0.05) is 0 Å². The molecule has 96 valence electrons. The Morgan fingerprint density at radius 3 is 2.84 bits per heavy atom. The smallest absolute Gasteiger partial charge is 0.291 e. The van der Waals surface area contributed by atoms with Gasteiger partial charge in [-0.3, -0.25) is 4.79 Å². The monoisotopic (exact) mass is 320 g/mol. The number of rotatable bonds is 2. The van der Waals surface area contributed by atoms with Crippen LogP contribution in [-0.4, -0.2) is 10.9 Å². The normalized spacial score (nSPS) is 10.8. The van der Waals surface area contributed by atoms with Crippen LogP contribution in [0.2, 0.25) is 0 Å². The predicted octanol–water partition coefficient (Wildman–Crippen LogP) is 3.74. The number of halogens is 1. The Balaban J connectivity index is 1.86. The molecule has 0 saturated heterocycles. The van der Waals surface area contributed by atoms with Crippen LogP contribution in [0, 0.1) is 6.92 Å². The van der Waals surface area contributed by atoms with Crippen molar-refractivity contribution in [3.05, 3.63) is 46.7 Å². The quantitative estimate of drug-likeness (QED) is 0.780. The van der Waals surface area contributed by atoms with Crippen molar-refractivity contribution in [2.75, 3.05) is 5.32 Å². The minimum Gasteiger partial charge on any atom is -0.444 e. The summed E-state index contributed by atoms with van der Waals surface area (Å²) in [5.41, 5.74) is 2.02. The minimum atomic E-state index is -0.318. The van der Waals surface area contributed by atoms with E-state index in [1.165, 1.54) is 0 Å². The molecule has 19 heavy (non-hydrogen) atoms. The summed E-state index contributed by atoms with van der Waals surface area (Å²) in [7, 11) is 0. The highest BCUT2D eigenvalue weighted by atomic mass is 79.9. The number of furan rings is 1. The maximum Gasteiger partial charge on any atom is 0.291 e. The van der Waals surface area contributed by atoms with Crippen LogP contribution >= 0.6 is 15.9 Å². The van der Waals surface area contributed by atoms with E-state index in [0.29, 0.717) is 21.8 Å². The summed E-state index contributed by atoms with van der Waals surface area (Å²) in [6, 6.07) is 8.54. The van der Waals surface area contributed by atoms with Crippen LogP contribution < -0.4 is 5.32 Å². The van der Waals surface area contributed by atoms with E-state index in [1.54, 1.807) is 37.3 Å². The van der Waals surface area contributed by atoms with Crippen molar-refractivity contribution in [1.29, 1.82) is 0 Å². The Kier molecular flexibility index (Phi) is 2.87. The standard InChI is InChI=1S/C13H9BrN2O3/c1-7-15-9-3-2-8(6-11(9)18-7)16-13(17)10-4-5-12(14)19-10/h2-6H,1H3,(H,16,17). The predicted molar refractivity (Wildman–Crippen MR) is 73.1 cm³/mol. The number of oxazole rings is 1. The lowest BCUT2D eigenvalue weighted by Gasteiger charge is -2.02. The van der Waals surface area contributed by atoms with E-state index in [1.807, 2.05) is 0 Å². The molecular formula is C13H9BrN2O3. The number of carbonyl (C=O) groups is 1. The van der Waals surface area contributed by atoms with Gasteiger partial charge < -0.3 is 14.2 Å². The van der Waals surface area contributed by atoms with Crippen LogP contribution in [0.5, 0.6) is 0 Å². The van der Waals surface area contributed by atoms with Gasteiger partial charge in [-0.15, -0.1) is 0 Å².